The minimum Gasteiger partial charge on any atom is -0.364 e. The summed E-state index contributed by atoms with van der Waals surface area (Å²) < 4.78 is 2.07. The quantitative estimate of drug-likeness (QED) is 0.771. The summed E-state index contributed by atoms with van der Waals surface area (Å²) >= 11 is 0. The molecule has 0 saturated heterocycles. The number of aryl methyl sites for hydroxylation is 1. The van der Waals surface area contributed by atoms with E-state index in [1.807, 2.05) is 12.3 Å². The molecule has 0 radical (unpaired) electrons. The molecule has 2 N–H and O–H groups in total. The molecular formula is C17H20N6. The Morgan fingerprint density at radius 1 is 1.26 bits per heavy atom. The summed E-state index contributed by atoms with van der Waals surface area (Å²) in [4.78, 5) is 13.6. The molecule has 0 aliphatic carbocycles. The molecule has 6 heteroatoms. The lowest BCUT2D eigenvalue weighted by Crippen LogP contribution is -2.16. The molecule has 0 saturated carbocycles. The van der Waals surface area contributed by atoms with Gasteiger partial charge < -0.3 is 15.0 Å². The van der Waals surface area contributed by atoms with Gasteiger partial charge >= 0.3 is 0 Å². The number of hydrogen-bond acceptors (Lipinski definition) is 5. The number of nitrogens with one attached hydrogen (secondary N) is 2. The van der Waals surface area contributed by atoms with Crippen LogP contribution >= 0.6 is 0 Å². The number of fused-ring (bicyclic) bond motifs is 2. The highest BCUT2D eigenvalue weighted by molar-refractivity contribution is 5.50. The average Bonchev–Trinajstić information content (AvgIpc) is 2.83. The van der Waals surface area contributed by atoms with Crippen molar-refractivity contribution in [2.24, 2.45) is 0 Å². The van der Waals surface area contributed by atoms with Gasteiger partial charge in [-0.1, -0.05) is 6.07 Å². The molecule has 0 unspecified atom stereocenters. The van der Waals surface area contributed by atoms with Gasteiger partial charge in [0.05, 0.1) is 17.9 Å². The summed E-state index contributed by atoms with van der Waals surface area (Å²) in [6.45, 7) is 4.70. The summed E-state index contributed by atoms with van der Waals surface area (Å²) in [5, 5.41) is 6.85. The van der Waals surface area contributed by atoms with Gasteiger partial charge in [0.1, 0.15) is 17.8 Å². The Hall–Kier alpha value is -2.47. The van der Waals surface area contributed by atoms with E-state index in [9.17, 15) is 0 Å². The van der Waals surface area contributed by atoms with E-state index in [0.717, 1.165) is 48.8 Å². The standard InChI is InChI=1S/C17H20N6/c1-12-3-2-8-23-10-13(22-17(12)23)9-19-16-14-4-6-18-7-5-15(14)20-11-21-16/h2-3,8,10-11,18H,4-7,9H2,1H3,(H,19,20,21). The third kappa shape index (κ3) is 2.77. The van der Waals surface area contributed by atoms with Crippen molar-refractivity contribution in [2.45, 2.75) is 26.3 Å². The van der Waals surface area contributed by atoms with Gasteiger partial charge in [0.2, 0.25) is 0 Å². The Labute approximate surface area is 135 Å². The zero-order chi connectivity index (χ0) is 15.6. The van der Waals surface area contributed by atoms with Gasteiger partial charge in [-0.3, -0.25) is 0 Å². The maximum absolute atomic E-state index is 4.70. The van der Waals surface area contributed by atoms with Gasteiger partial charge in [0.15, 0.2) is 0 Å². The first-order valence-electron chi connectivity index (χ1n) is 8.02. The molecule has 4 heterocycles. The van der Waals surface area contributed by atoms with Crippen LogP contribution in [-0.2, 0) is 19.4 Å². The van der Waals surface area contributed by atoms with Crippen LogP contribution in [0.2, 0.25) is 0 Å². The second-order valence-electron chi connectivity index (χ2n) is 5.91. The van der Waals surface area contributed by atoms with E-state index in [2.05, 4.69) is 44.2 Å². The largest absolute Gasteiger partial charge is 0.364 e. The van der Waals surface area contributed by atoms with E-state index in [4.69, 9.17) is 4.98 Å². The molecule has 1 aliphatic rings. The number of pyridine rings is 1. The van der Waals surface area contributed by atoms with Crippen LogP contribution in [0.5, 0.6) is 0 Å². The molecule has 3 aromatic heterocycles. The first-order valence-corrected chi connectivity index (χ1v) is 8.02. The molecule has 118 valence electrons. The predicted octanol–water partition coefficient (Wildman–Crippen LogP) is 1.73. The normalized spacial score (nSPS) is 14.5. The highest BCUT2D eigenvalue weighted by Crippen LogP contribution is 2.19. The van der Waals surface area contributed by atoms with Crippen molar-refractivity contribution in [3.05, 3.63) is 53.4 Å². The summed E-state index contributed by atoms with van der Waals surface area (Å²) in [5.41, 5.74) is 5.59. The van der Waals surface area contributed by atoms with Gasteiger partial charge in [-0.2, -0.15) is 0 Å². The molecule has 0 fully saturated rings. The van der Waals surface area contributed by atoms with Gasteiger partial charge in [-0.25, -0.2) is 15.0 Å². The van der Waals surface area contributed by atoms with Gasteiger partial charge in [-0.05, 0) is 31.5 Å². The van der Waals surface area contributed by atoms with Crippen LogP contribution in [-0.4, -0.2) is 32.4 Å². The van der Waals surface area contributed by atoms with Crippen LogP contribution in [0.1, 0.15) is 22.5 Å². The molecule has 3 aromatic rings. The zero-order valence-electron chi connectivity index (χ0n) is 13.2. The number of anilines is 1. The van der Waals surface area contributed by atoms with Crippen molar-refractivity contribution in [3.8, 4) is 0 Å². The fourth-order valence-corrected chi connectivity index (χ4v) is 3.09. The molecule has 0 aromatic carbocycles. The zero-order valence-corrected chi connectivity index (χ0v) is 13.2. The van der Waals surface area contributed by atoms with Crippen LogP contribution in [0.3, 0.4) is 0 Å². The van der Waals surface area contributed by atoms with Crippen molar-refractivity contribution in [3.63, 3.8) is 0 Å². The first-order chi connectivity index (χ1) is 11.3. The van der Waals surface area contributed by atoms with E-state index in [1.54, 1.807) is 6.33 Å². The molecule has 0 atom stereocenters. The second-order valence-corrected chi connectivity index (χ2v) is 5.91. The van der Waals surface area contributed by atoms with Crippen LogP contribution in [0.25, 0.3) is 5.65 Å². The molecule has 0 bridgehead atoms. The summed E-state index contributed by atoms with van der Waals surface area (Å²) in [5.74, 6) is 0.937. The highest BCUT2D eigenvalue weighted by atomic mass is 15.1. The van der Waals surface area contributed by atoms with Crippen LogP contribution in [0.15, 0.2) is 30.9 Å². The van der Waals surface area contributed by atoms with Gasteiger partial charge in [0, 0.05) is 30.9 Å². The lowest BCUT2D eigenvalue weighted by atomic mass is 10.1. The van der Waals surface area contributed by atoms with E-state index in [0.29, 0.717) is 6.54 Å². The predicted molar refractivity (Wildman–Crippen MR) is 89.6 cm³/mol. The average molecular weight is 308 g/mol. The fraction of sp³-hybridized carbons (Fsp3) is 0.353. The van der Waals surface area contributed by atoms with E-state index >= 15 is 0 Å². The maximum atomic E-state index is 4.70. The Morgan fingerprint density at radius 2 is 2.17 bits per heavy atom. The Kier molecular flexibility index (Phi) is 3.67. The number of aromatic nitrogens is 4. The molecule has 0 spiro atoms. The lowest BCUT2D eigenvalue weighted by Gasteiger charge is -2.11. The monoisotopic (exact) mass is 308 g/mol. The van der Waals surface area contributed by atoms with Crippen molar-refractivity contribution in [1.82, 2.24) is 24.7 Å². The van der Waals surface area contributed by atoms with Crippen molar-refractivity contribution in [1.29, 1.82) is 0 Å². The maximum Gasteiger partial charge on any atom is 0.140 e. The molecule has 6 nitrogen and oxygen atoms in total. The highest BCUT2D eigenvalue weighted by Gasteiger charge is 2.14. The number of nitrogens with zero attached hydrogens (tertiary/aromatic N) is 4. The summed E-state index contributed by atoms with van der Waals surface area (Å²) in [6.07, 6.45) is 7.67. The van der Waals surface area contributed by atoms with Crippen molar-refractivity contribution >= 4 is 11.5 Å². The van der Waals surface area contributed by atoms with Gasteiger partial charge in [0.25, 0.3) is 0 Å². The van der Waals surface area contributed by atoms with E-state index in [1.165, 1.54) is 11.1 Å². The minimum absolute atomic E-state index is 0.665. The minimum atomic E-state index is 0.665. The molecule has 0 amide bonds. The Morgan fingerprint density at radius 3 is 3.09 bits per heavy atom. The Bertz CT molecular complexity index is 838. The molecule has 4 rings (SSSR count). The third-order valence-corrected chi connectivity index (χ3v) is 4.29. The third-order valence-electron chi connectivity index (χ3n) is 4.29. The lowest BCUT2D eigenvalue weighted by molar-refractivity contribution is 0.708. The smallest absolute Gasteiger partial charge is 0.140 e. The number of rotatable bonds is 3. The van der Waals surface area contributed by atoms with Crippen LogP contribution in [0, 0.1) is 6.92 Å². The van der Waals surface area contributed by atoms with Crippen LogP contribution in [0.4, 0.5) is 5.82 Å². The van der Waals surface area contributed by atoms with Crippen molar-refractivity contribution in [2.75, 3.05) is 18.4 Å². The second kappa shape index (κ2) is 5.96. The van der Waals surface area contributed by atoms with Gasteiger partial charge in [-0.15, -0.1) is 0 Å². The van der Waals surface area contributed by atoms with Crippen molar-refractivity contribution < 1.29 is 0 Å². The van der Waals surface area contributed by atoms with E-state index < -0.39 is 0 Å². The number of hydrogen-bond donors (Lipinski definition) is 2. The topological polar surface area (TPSA) is 67.1 Å². The fourth-order valence-electron chi connectivity index (χ4n) is 3.09. The van der Waals surface area contributed by atoms with E-state index in [-0.39, 0.29) is 0 Å². The first kappa shape index (κ1) is 14.1. The molecule has 1 aliphatic heterocycles. The molecular weight excluding hydrogens is 288 g/mol. The molecule has 23 heavy (non-hydrogen) atoms. The summed E-state index contributed by atoms with van der Waals surface area (Å²) in [7, 11) is 0. The Balaban J connectivity index is 1.57. The number of imidazole rings is 1. The SMILES string of the molecule is Cc1cccn2cc(CNc3ncnc4c3CCNCC4)nc12. The summed E-state index contributed by atoms with van der Waals surface area (Å²) in [6, 6.07) is 4.12. The van der Waals surface area contributed by atoms with Crippen LogP contribution < -0.4 is 10.6 Å².